The van der Waals surface area contributed by atoms with Gasteiger partial charge in [0.25, 0.3) is 0 Å². The quantitative estimate of drug-likeness (QED) is 0.657. The maximum atomic E-state index is 11.2. The summed E-state index contributed by atoms with van der Waals surface area (Å²) >= 11 is 5.61. The zero-order chi connectivity index (χ0) is 9.42. The Balaban J connectivity index is 2.89. The minimum Gasteiger partial charge on any atom is -0.408 e. The second kappa shape index (κ2) is 2.92. The fourth-order valence-corrected chi connectivity index (χ4v) is 1.51. The first-order valence-corrected chi connectivity index (χ1v) is 4.42. The van der Waals surface area contributed by atoms with Gasteiger partial charge in [-0.15, -0.1) is 11.6 Å². The number of oxazole rings is 1. The van der Waals surface area contributed by atoms with Crippen LogP contribution in [-0.4, -0.2) is 4.57 Å². The number of rotatable bonds is 1. The molecule has 0 unspecified atom stereocenters. The van der Waals surface area contributed by atoms with Crippen molar-refractivity contribution in [2.45, 2.75) is 12.9 Å². The molecule has 4 heteroatoms. The Morgan fingerprint density at radius 3 is 3.00 bits per heavy atom. The van der Waals surface area contributed by atoms with E-state index in [4.69, 9.17) is 16.0 Å². The molecule has 0 saturated carbocycles. The molecule has 0 fully saturated rings. The second-order valence-corrected chi connectivity index (χ2v) is 3.13. The molecular weight excluding hydrogens is 190 g/mol. The van der Waals surface area contributed by atoms with Gasteiger partial charge in [-0.05, 0) is 24.6 Å². The number of alkyl halides is 1. The Kier molecular flexibility index (Phi) is 1.88. The predicted octanol–water partition coefficient (Wildman–Crippen LogP) is 2.10. The van der Waals surface area contributed by atoms with Crippen LogP contribution in [0.4, 0.5) is 0 Å². The molecule has 68 valence electrons. The van der Waals surface area contributed by atoms with Crippen molar-refractivity contribution in [2.24, 2.45) is 0 Å². The summed E-state index contributed by atoms with van der Waals surface area (Å²) in [5.74, 6) is -0.407. The van der Waals surface area contributed by atoms with E-state index in [1.807, 2.05) is 19.1 Å². The topological polar surface area (TPSA) is 35.1 Å². The van der Waals surface area contributed by atoms with E-state index in [2.05, 4.69) is 0 Å². The van der Waals surface area contributed by atoms with Crippen molar-refractivity contribution < 1.29 is 4.42 Å². The molecule has 0 amide bonds. The van der Waals surface area contributed by atoms with Crippen LogP contribution in [0.15, 0.2) is 27.4 Å². The summed E-state index contributed by atoms with van der Waals surface area (Å²) in [6.45, 7) is 1.95. The van der Waals surface area contributed by atoms with E-state index in [1.54, 1.807) is 6.07 Å². The van der Waals surface area contributed by atoms with Crippen LogP contribution in [0.1, 0.15) is 5.56 Å². The molecule has 3 nitrogen and oxygen atoms in total. The van der Waals surface area contributed by atoms with Crippen LogP contribution < -0.4 is 5.76 Å². The van der Waals surface area contributed by atoms with Gasteiger partial charge in [-0.25, -0.2) is 4.79 Å². The van der Waals surface area contributed by atoms with Crippen molar-refractivity contribution in [1.82, 2.24) is 4.57 Å². The lowest BCUT2D eigenvalue weighted by molar-refractivity contribution is 0.525. The Labute approximate surface area is 79.5 Å². The highest BCUT2D eigenvalue weighted by molar-refractivity contribution is 6.15. The smallest absolute Gasteiger partial charge is 0.408 e. The number of aromatic nitrogens is 1. The Morgan fingerprint density at radius 2 is 2.31 bits per heavy atom. The molecule has 2 aromatic rings. The zero-order valence-electron chi connectivity index (χ0n) is 7.08. The molecule has 1 aromatic carbocycles. The lowest BCUT2D eigenvalue weighted by Crippen LogP contribution is -2.10. The van der Waals surface area contributed by atoms with Crippen LogP contribution in [0.3, 0.4) is 0 Å². The van der Waals surface area contributed by atoms with Gasteiger partial charge in [0.1, 0.15) is 6.00 Å². The summed E-state index contributed by atoms with van der Waals surface area (Å²) in [6, 6.07) is 5.66. The Morgan fingerprint density at radius 1 is 1.54 bits per heavy atom. The van der Waals surface area contributed by atoms with Crippen LogP contribution in [0, 0.1) is 6.92 Å². The SMILES string of the molecule is Cc1ccc2oc(=O)n(CCl)c2c1. The largest absolute Gasteiger partial charge is 0.421 e. The van der Waals surface area contributed by atoms with Gasteiger partial charge in [0.2, 0.25) is 0 Å². The average Bonchev–Trinajstić information content (AvgIpc) is 2.40. The van der Waals surface area contributed by atoms with Gasteiger partial charge in [0.15, 0.2) is 5.58 Å². The van der Waals surface area contributed by atoms with E-state index in [-0.39, 0.29) is 6.00 Å². The fourth-order valence-electron chi connectivity index (χ4n) is 1.29. The minimum absolute atomic E-state index is 0.120. The maximum absolute atomic E-state index is 11.2. The van der Waals surface area contributed by atoms with E-state index in [9.17, 15) is 4.79 Å². The minimum atomic E-state index is -0.407. The summed E-state index contributed by atoms with van der Waals surface area (Å²) in [7, 11) is 0. The molecule has 0 spiro atoms. The molecule has 1 heterocycles. The molecule has 13 heavy (non-hydrogen) atoms. The number of fused-ring (bicyclic) bond motifs is 1. The summed E-state index contributed by atoms with van der Waals surface area (Å²) in [5.41, 5.74) is 2.41. The van der Waals surface area contributed by atoms with E-state index in [0.29, 0.717) is 5.58 Å². The fraction of sp³-hybridized carbons (Fsp3) is 0.222. The number of hydrogen-bond acceptors (Lipinski definition) is 2. The molecule has 0 saturated heterocycles. The summed E-state index contributed by atoms with van der Waals surface area (Å²) in [5, 5.41) is 0. The van der Waals surface area contributed by atoms with E-state index in [1.165, 1.54) is 4.57 Å². The number of aryl methyl sites for hydroxylation is 1. The normalized spacial score (nSPS) is 10.9. The number of nitrogens with zero attached hydrogens (tertiary/aromatic N) is 1. The van der Waals surface area contributed by atoms with Gasteiger partial charge in [-0.2, -0.15) is 0 Å². The predicted molar refractivity (Wildman–Crippen MR) is 51.1 cm³/mol. The van der Waals surface area contributed by atoms with Crippen molar-refractivity contribution in [2.75, 3.05) is 0 Å². The molecule has 0 bridgehead atoms. The summed E-state index contributed by atoms with van der Waals surface area (Å²) in [6.07, 6.45) is 0. The van der Waals surface area contributed by atoms with Crippen LogP contribution in [0.25, 0.3) is 11.1 Å². The molecule has 2 rings (SSSR count). The summed E-state index contributed by atoms with van der Waals surface area (Å²) in [4.78, 5) is 11.2. The number of benzene rings is 1. The monoisotopic (exact) mass is 197 g/mol. The molecule has 0 aliphatic carbocycles. The molecule has 0 aliphatic heterocycles. The highest BCUT2D eigenvalue weighted by atomic mass is 35.5. The standard InChI is InChI=1S/C9H8ClNO2/c1-6-2-3-8-7(4-6)11(5-10)9(12)13-8/h2-4H,5H2,1H3. The van der Waals surface area contributed by atoms with Gasteiger partial charge in [-0.1, -0.05) is 6.07 Å². The van der Waals surface area contributed by atoms with Crippen LogP contribution in [0.5, 0.6) is 0 Å². The van der Waals surface area contributed by atoms with Gasteiger partial charge >= 0.3 is 5.76 Å². The molecule has 0 N–H and O–H groups in total. The van der Waals surface area contributed by atoms with Crippen LogP contribution >= 0.6 is 11.6 Å². The molecule has 1 aromatic heterocycles. The van der Waals surface area contributed by atoms with Gasteiger partial charge < -0.3 is 4.42 Å². The second-order valence-electron chi connectivity index (χ2n) is 2.89. The first kappa shape index (κ1) is 8.38. The highest BCUT2D eigenvalue weighted by Gasteiger charge is 2.06. The lowest BCUT2D eigenvalue weighted by Gasteiger charge is -1.95. The molecule has 0 radical (unpaired) electrons. The molecular formula is C9H8ClNO2. The van der Waals surface area contributed by atoms with Gasteiger partial charge in [-0.3, -0.25) is 4.57 Å². The van der Waals surface area contributed by atoms with E-state index in [0.717, 1.165) is 11.1 Å². The third kappa shape index (κ3) is 1.25. The third-order valence-corrected chi connectivity index (χ3v) is 2.18. The molecule has 0 atom stereocenters. The number of halogens is 1. The maximum Gasteiger partial charge on any atom is 0.421 e. The summed E-state index contributed by atoms with van der Waals surface area (Å²) < 4.78 is 6.36. The van der Waals surface area contributed by atoms with E-state index < -0.39 is 5.76 Å². The van der Waals surface area contributed by atoms with Gasteiger partial charge in [0, 0.05) is 0 Å². The first-order valence-electron chi connectivity index (χ1n) is 3.88. The Bertz CT molecular complexity index is 498. The lowest BCUT2D eigenvalue weighted by atomic mass is 10.2. The Hall–Kier alpha value is -1.22. The van der Waals surface area contributed by atoms with Crippen molar-refractivity contribution in [3.05, 3.63) is 34.3 Å². The highest BCUT2D eigenvalue weighted by Crippen LogP contribution is 2.14. The van der Waals surface area contributed by atoms with Gasteiger partial charge in [0.05, 0.1) is 5.52 Å². The van der Waals surface area contributed by atoms with Crippen molar-refractivity contribution >= 4 is 22.7 Å². The van der Waals surface area contributed by atoms with Crippen LogP contribution in [-0.2, 0) is 6.00 Å². The van der Waals surface area contributed by atoms with Crippen molar-refractivity contribution in [1.29, 1.82) is 0 Å². The zero-order valence-corrected chi connectivity index (χ0v) is 7.84. The van der Waals surface area contributed by atoms with Crippen molar-refractivity contribution in [3.8, 4) is 0 Å². The first-order chi connectivity index (χ1) is 6.22. The molecule has 0 aliphatic rings. The van der Waals surface area contributed by atoms with Crippen LogP contribution in [0.2, 0.25) is 0 Å². The van der Waals surface area contributed by atoms with Crippen molar-refractivity contribution in [3.63, 3.8) is 0 Å². The third-order valence-electron chi connectivity index (χ3n) is 1.94. The van der Waals surface area contributed by atoms with E-state index >= 15 is 0 Å². The average molecular weight is 198 g/mol. The number of hydrogen-bond donors (Lipinski definition) is 0.